The fourth-order valence-electron chi connectivity index (χ4n) is 2.77. The van der Waals surface area contributed by atoms with Crippen molar-refractivity contribution >= 4 is 11.3 Å². The molecule has 1 heterocycles. The summed E-state index contributed by atoms with van der Waals surface area (Å²) in [4.78, 5) is 3.05. The Morgan fingerprint density at radius 2 is 2.17 bits per heavy atom. The van der Waals surface area contributed by atoms with Gasteiger partial charge in [-0.3, -0.25) is 0 Å². The van der Waals surface area contributed by atoms with Crippen LogP contribution >= 0.6 is 11.3 Å². The van der Waals surface area contributed by atoms with Crippen molar-refractivity contribution in [3.05, 3.63) is 68.2 Å². The molecule has 0 aliphatic heterocycles. The zero-order valence-electron chi connectivity index (χ0n) is 9.86. The van der Waals surface area contributed by atoms with Crippen LogP contribution in [0.3, 0.4) is 0 Å². The maximum Gasteiger partial charge on any atom is 0.0696 e. The standard InChI is InChI=1S/C14H13N3S/c15-17-16-14-12-4-2-1-3-10(12)5-6-13(14)11-7-8-18-9-11/h1-4,7-9,13-14H,5-6H2/t13-,14+/m0/s1. The van der Waals surface area contributed by atoms with Gasteiger partial charge in [-0.2, -0.15) is 11.3 Å². The first-order chi connectivity index (χ1) is 8.90. The Morgan fingerprint density at radius 3 is 2.94 bits per heavy atom. The second kappa shape index (κ2) is 4.84. The smallest absolute Gasteiger partial charge is 0.0696 e. The number of thiophene rings is 1. The van der Waals surface area contributed by atoms with E-state index >= 15 is 0 Å². The molecule has 0 bridgehead atoms. The highest BCUT2D eigenvalue weighted by Gasteiger charge is 2.29. The van der Waals surface area contributed by atoms with Crippen LogP contribution in [0.4, 0.5) is 0 Å². The van der Waals surface area contributed by atoms with E-state index in [-0.39, 0.29) is 6.04 Å². The molecule has 0 N–H and O–H groups in total. The molecule has 0 amide bonds. The maximum absolute atomic E-state index is 8.82. The van der Waals surface area contributed by atoms with Gasteiger partial charge in [0.15, 0.2) is 0 Å². The summed E-state index contributed by atoms with van der Waals surface area (Å²) in [5.41, 5.74) is 12.6. The minimum absolute atomic E-state index is 0.0606. The summed E-state index contributed by atoms with van der Waals surface area (Å²) in [6.07, 6.45) is 2.12. The van der Waals surface area contributed by atoms with Gasteiger partial charge in [-0.05, 0) is 57.8 Å². The van der Waals surface area contributed by atoms with E-state index in [1.54, 1.807) is 11.3 Å². The Labute approximate surface area is 110 Å². The molecule has 2 atom stereocenters. The second-order valence-electron chi connectivity index (χ2n) is 4.55. The monoisotopic (exact) mass is 255 g/mol. The summed E-state index contributed by atoms with van der Waals surface area (Å²) in [5.74, 6) is 0.321. The first-order valence-corrected chi connectivity index (χ1v) is 6.98. The number of hydrogen-bond acceptors (Lipinski definition) is 2. The van der Waals surface area contributed by atoms with Gasteiger partial charge >= 0.3 is 0 Å². The van der Waals surface area contributed by atoms with Crippen molar-refractivity contribution < 1.29 is 0 Å². The average Bonchev–Trinajstić information content (AvgIpc) is 2.93. The average molecular weight is 255 g/mol. The van der Waals surface area contributed by atoms with E-state index in [1.165, 1.54) is 16.7 Å². The van der Waals surface area contributed by atoms with Crippen molar-refractivity contribution in [3.63, 3.8) is 0 Å². The van der Waals surface area contributed by atoms with Crippen LogP contribution in [-0.2, 0) is 6.42 Å². The summed E-state index contributed by atoms with van der Waals surface area (Å²) in [6.45, 7) is 0. The third-order valence-corrected chi connectivity index (χ3v) is 4.33. The lowest BCUT2D eigenvalue weighted by molar-refractivity contribution is 0.485. The van der Waals surface area contributed by atoms with E-state index in [2.05, 4.69) is 45.1 Å². The van der Waals surface area contributed by atoms with Crippen LogP contribution in [-0.4, -0.2) is 0 Å². The largest absolute Gasteiger partial charge is 0.152 e. The lowest BCUT2D eigenvalue weighted by Gasteiger charge is -2.30. The lowest BCUT2D eigenvalue weighted by atomic mass is 9.77. The maximum atomic E-state index is 8.82. The van der Waals surface area contributed by atoms with E-state index in [1.807, 2.05) is 6.07 Å². The molecule has 0 radical (unpaired) electrons. The van der Waals surface area contributed by atoms with Crippen molar-refractivity contribution in [1.82, 2.24) is 0 Å². The quantitative estimate of drug-likeness (QED) is 0.419. The minimum atomic E-state index is -0.0606. The number of nitrogens with zero attached hydrogens (tertiary/aromatic N) is 3. The number of azide groups is 1. The zero-order chi connectivity index (χ0) is 12.4. The van der Waals surface area contributed by atoms with Gasteiger partial charge in [0.25, 0.3) is 0 Å². The van der Waals surface area contributed by atoms with E-state index in [9.17, 15) is 0 Å². The Kier molecular flexibility index (Phi) is 3.05. The van der Waals surface area contributed by atoms with Gasteiger partial charge in [0.2, 0.25) is 0 Å². The molecule has 2 aromatic rings. The predicted octanol–water partition coefficient (Wildman–Crippen LogP) is 4.83. The summed E-state index contributed by atoms with van der Waals surface area (Å²) in [6, 6.07) is 10.4. The highest BCUT2D eigenvalue weighted by molar-refractivity contribution is 7.07. The van der Waals surface area contributed by atoms with E-state index in [0.29, 0.717) is 5.92 Å². The van der Waals surface area contributed by atoms with Crippen LogP contribution in [0.5, 0.6) is 0 Å². The van der Waals surface area contributed by atoms with Crippen molar-refractivity contribution in [2.24, 2.45) is 5.11 Å². The fraction of sp³-hybridized carbons (Fsp3) is 0.286. The summed E-state index contributed by atoms with van der Waals surface area (Å²) >= 11 is 1.70. The molecule has 0 fully saturated rings. The van der Waals surface area contributed by atoms with Crippen LogP contribution in [0.15, 0.2) is 46.2 Å². The fourth-order valence-corrected chi connectivity index (χ4v) is 3.49. The van der Waals surface area contributed by atoms with Gasteiger partial charge in [0.05, 0.1) is 6.04 Å². The van der Waals surface area contributed by atoms with E-state index < -0.39 is 0 Å². The Hall–Kier alpha value is -1.77. The van der Waals surface area contributed by atoms with Crippen LogP contribution < -0.4 is 0 Å². The molecule has 0 saturated carbocycles. The molecule has 0 unspecified atom stereocenters. The molecule has 1 aliphatic carbocycles. The van der Waals surface area contributed by atoms with Crippen LogP contribution in [0.25, 0.3) is 10.4 Å². The van der Waals surface area contributed by atoms with Gasteiger partial charge in [-0.1, -0.05) is 29.4 Å². The number of rotatable bonds is 2. The summed E-state index contributed by atoms with van der Waals surface area (Å²) in [7, 11) is 0. The molecule has 0 spiro atoms. The van der Waals surface area contributed by atoms with Crippen molar-refractivity contribution in [3.8, 4) is 0 Å². The van der Waals surface area contributed by atoms with Gasteiger partial charge in [0.1, 0.15) is 0 Å². The van der Waals surface area contributed by atoms with Crippen molar-refractivity contribution in [2.45, 2.75) is 24.8 Å². The Morgan fingerprint density at radius 1 is 1.28 bits per heavy atom. The molecule has 3 nitrogen and oxygen atoms in total. The minimum Gasteiger partial charge on any atom is -0.152 e. The number of hydrogen-bond donors (Lipinski definition) is 0. The van der Waals surface area contributed by atoms with Gasteiger partial charge in [0, 0.05) is 4.91 Å². The lowest BCUT2D eigenvalue weighted by Crippen LogP contribution is -2.17. The second-order valence-corrected chi connectivity index (χ2v) is 5.33. The Balaban J connectivity index is 2.06. The summed E-state index contributed by atoms with van der Waals surface area (Å²) < 4.78 is 0. The zero-order valence-corrected chi connectivity index (χ0v) is 10.7. The molecule has 1 aromatic carbocycles. The number of benzene rings is 1. The third kappa shape index (κ3) is 1.90. The molecule has 1 aliphatic rings. The first kappa shape index (κ1) is 11.3. The first-order valence-electron chi connectivity index (χ1n) is 6.04. The van der Waals surface area contributed by atoms with Gasteiger partial charge in [-0.15, -0.1) is 0 Å². The van der Waals surface area contributed by atoms with Crippen molar-refractivity contribution in [2.75, 3.05) is 0 Å². The highest BCUT2D eigenvalue weighted by Crippen LogP contribution is 2.43. The molecular formula is C14H13N3S. The molecule has 1 aromatic heterocycles. The van der Waals surface area contributed by atoms with E-state index in [0.717, 1.165) is 12.8 Å². The predicted molar refractivity (Wildman–Crippen MR) is 73.7 cm³/mol. The molecule has 18 heavy (non-hydrogen) atoms. The van der Waals surface area contributed by atoms with Crippen molar-refractivity contribution in [1.29, 1.82) is 0 Å². The van der Waals surface area contributed by atoms with Crippen LogP contribution in [0.2, 0.25) is 0 Å². The van der Waals surface area contributed by atoms with Crippen LogP contribution in [0, 0.1) is 0 Å². The van der Waals surface area contributed by atoms with Gasteiger partial charge in [-0.25, -0.2) is 0 Å². The number of aryl methyl sites for hydroxylation is 1. The third-order valence-electron chi connectivity index (χ3n) is 3.63. The number of fused-ring (bicyclic) bond motifs is 1. The molecule has 3 rings (SSSR count). The van der Waals surface area contributed by atoms with E-state index in [4.69, 9.17) is 5.53 Å². The van der Waals surface area contributed by atoms with Gasteiger partial charge < -0.3 is 0 Å². The van der Waals surface area contributed by atoms with Crippen LogP contribution in [0.1, 0.15) is 35.1 Å². The molecular weight excluding hydrogens is 242 g/mol. The summed E-state index contributed by atoms with van der Waals surface area (Å²) in [5, 5.41) is 8.30. The Bertz CT molecular complexity index is 585. The molecule has 0 saturated heterocycles. The normalized spacial score (nSPS) is 22.0. The highest BCUT2D eigenvalue weighted by atomic mass is 32.1. The SMILES string of the molecule is [N-]=[N+]=N[C@@H]1c2ccccc2CC[C@H]1c1ccsc1. The topological polar surface area (TPSA) is 48.8 Å². The molecule has 4 heteroatoms. The molecule has 90 valence electrons.